The van der Waals surface area contributed by atoms with Crippen molar-refractivity contribution in [2.45, 2.75) is 19.8 Å². The SMILES string of the molecule is C=C(C)c1ccc(C(C)CN=C=O)cc1. The van der Waals surface area contributed by atoms with Crippen molar-refractivity contribution in [3.8, 4) is 0 Å². The number of allylic oxidation sites excluding steroid dienone is 1. The summed E-state index contributed by atoms with van der Waals surface area (Å²) in [4.78, 5) is 13.6. The lowest BCUT2D eigenvalue weighted by Gasteiger charge is -2.08. The summed E-state index contributed by atoms with van der Waals surface area (Å²) in [6.45, 7) is 8.40. The molecule has 0 spiro atoms. The molecule has 78 valence electrons. The van der Waals surface area contributed by atoms with Gasteiger partial charge < -0.3 is 0 Å². The number of carbonyl (C=O) groups excluding carboxylic acids is 1. The smallest absolute Gasteiger partial charge is 0.211 e. The van der Waals surface area contributed by atoms with E-state index in [2.05, 4.69) is 23.7 Å². The summed E-state index contributed by atoms with van der Waals surface area (Å²) >= 11 is 0. The van der Waals surface area contributed by atoms with E-state index >= 15 is 0 Å². The minimum atomic E-state index is 0.255. The number of hydrogen-bond donors (Lipinski definition) is 0. The van der Waals surface area contributed by atoms with E-state index < -0.39 is 0 Å². The van der Waals surface area contributed by atoms with Gasteiger partial charge in [0.15, 0.2) is 0 Å². The Hall–Kier alpha value is -1.66. The van der Waals surface area contributed by atoms with E-state index in [9.17, 15) is 4.79 Å². The first-order chi connectivity index (χ1) is 7.15. The van der Waals surface area contributed by atoms with Crippen LogP contribution in [0, 0.1) is 0 Å². The molecule has 1 rings (SSSR count). The molecule has 0 bridgehead atoms. The number of hydrogen-bond acceptors (Lipinski definition) is 2. The quantitative estimate of drug-likeness (QED) is 0.543. The molecule has 1 atom stereocenters. The van der Waals surface area contributed by atoms with Crippen LogP contribution in [0.15, 0.2) is 35.8 Å². The van der Waals surface area contributed by atoms with Crippen molar-refractivity contribution in [3.63, 3.8) is 0 Å². The zero-order valence-electron chi connectivity index (χ0n) is 9.16. The molecule has 0 fully saturated rings. The van der Waals surface area contributed by atoms with Crippen molar-refractivity contribution in [1.82, 2.24) is 0 Å². The van der Waals surface area contributed by atoms with Gasteiger partial charge in [-0.15, -0.1) is 0 Å². The second-order valence-corrected chi connectivity index (χ2v) is 3.74. The third-order valence-electron chi connectivity index (χ3n) is 2.40. The van der Waals surface area contributed by atoms with Gasteiger partial charge in [0.1, 0.15) is 0 Å². The molecule has 2 nitrogen and oxygen atoms in total. The predicted molar refractivity (Wildman–Crippen MR) is 62.6 cm³/mol. The molecule has 0 aromatic heterocycles. The Kier molecular flexibility index (Phi) is 4.02. The lowest BCUT2D eigenvalue weighted by molar-refractivity contribution is 0.561. The molecule has 0 aliphatic heterocycles. The Morgan fingerprint density at radius 3 is 2.53 bits per heavy atom. The summed E-state index contributed by atoms with van der Waals surface area (Å²) in [6, 6.07) is 8.18. The van der Waals surface area contributed by atoms with Crippen LogP contribution in [0.4, 0.5) is 0 Å². The molecule has 2 heteroatoms. The molecule has 1 aromatic carbocycles. The maximum atomic E-state index is 9.98. The van der Waals surface area contributed by atoms with Crippen LogP contribution in [-0.4, -0.2) is 12.6 Å². The fourth-order valence-corrected chi connectivity index (χ4v) is 1.38. The third-order valence-corrected chi connectivity index (χ3v) is 2.40. The highest BCUT2D eigenvalue weighted by Crippen LogP contribution is 2.18. The minimum Gasteiger partial charge on any atom is -0.211 e. The largest absolute Gasteiger partial charge is 0.234 e. The van der Waals surface area contributed by atoms with Crippen molar-refractivity contribution >= 4 is 11.7 Å². The van der Waals surface area contributed by atoms with E-state index in [1.807, 2.05) is 26.0 Å². The summed E-state index contributed by atoms with van der Waals surface area (Å²) in [6.07, 6.45) is 1.56. The van der Waals surface area contributed by atoms with E-state index in [1.54, 1.807) is 6.08 Å². The maximum absolute atomic E-state index is 9.98. The summed E-state index contributed by atoms with van der Waals surface area (Å²) in [5.74, 6) is 0.255. The molecule has 0 heterocycles. The molecule has 15 heavy (non-hydrogen) atoms. The van der Waals surface area contributed by atoms with Crippen molar-refractivity contribution in [2.75, 3.05) is 6.54 Å². The molecule has 1 aromatic rings. The first-order valence-corrected chi connectivity index (χ1v) is 4.94. The van der Waals surface area contributed by atoms with Crippen LogP contribution in [0.3, 0.4) is 0 Å². The Morgan fingerprint density at radius 1 is 1.47 bits per heavy atom. The summed E-state index contributed by atoms with van der Waals surface area (Å²) < 4.78 is 0. The van der Waals surface area contributed by atoms with Crippen molar-refractivity contribution in [2.24, 2.45) is 4.99 Å². The fraction of sp³-hybridized carbons (Fsp3) is 0.308. The zero-order chi connectivity index (χ0) is 11.3. The van der Waals surface area contributed by atoms with Crippen LogP contribution in [0.1, 0.15) is 30.9 Å². The lowest BCUT2D eigenvalue weighted by atomic mass is 9.98. The van der Waals surface area contributed by atoms with Crippen molar-refractivity contribution in [3.05, 3.63) is 42.0 Å². The average molecular weight is 201 g/mol. The first kappa shape index (κ1) is 11.4. The number of nitrogens with zero attached hydrogens (tertiary/aromatic N) is 1. The minimum absolute atomic E-state index is 0.255. The Labute approximate surface area is 90.4 Å². The zero-order valence-corrected chi connectivity index (χ0v) is 9.16. The van der Waals surface area contributed by atoms with Crippen molar-refractivity contribution in [1.29, 1.82) is 0 Å². The second kappa shape index (κ2) is 5.28. The van der Waals surface area contributed by atoms with E-state index in [0.29, 0.717) is 6.54 Å². The Bertz CT molecular complexity index is 386. The van der Waals surface area contributed by atoms with Crippen LogP contribution in [-0.2, 0) is 4.79 Å². The highest BCUT2D eigenvalue weighted by atomic mass is 16.1. The van der Waals surface area contributed by atoms with Gasteiger partial charge >= 0.3 is 0 Å². The van der Waals surface area contributed by atoms with Crippen LogP contribution in [0.5, 0.6) is 0 Å². The van der Waals surface area contributed by atoms with Crippen LogP contribution in [0.25, 0.3) is 5.57 Å². The molecular formula is C13H15NO. The van der Waals surface area contributed by atoms with Gasteiger partial charge in [-0.3, -0.25) is 0 Å². The molecule has 1 unspecified atom stereocenters. The molecule has 0 saturated carbocycles. The second-order valence-electron chi connectivity index (χ2n) is 3.74. The van der Waals surface area contributed by atoms with E-state index in [0.717, 1.165) is 11.1 Å². The van der Waals surface area contributed by atoms with Crippen LogP contribution in [0.2, 0.25) is 0 Å². The van der Waals surface area contributed by atoms with Crippen molar-refractivity contribution < 1.29 is 4.79 Å². The Morgan fingerprint density at radius 2 is 2.07 bits per heavy atom. The topological polar surface area (TPSA) is 29.4 Å². The van der Waals surface area contributed by atoms with Crippen LogP contribution >= 0.6 is 0 Å². The molecule has 0 N–H and O–H groups in total. The number of aliphatic imine (C=N–C) groups is 1. The van der Waals surface area contributed by atoms with Gasteiger partial charge in [0, 0.05) is 5.92 Å². The van der Waals surface area contributed by atoms with E-state index in [1.165, 1.54) is 5.56 Å². The van der Waals surface area contributed by atoms with E-state index in [4.69, 9.17) is 0 Å². The molecule has 0 amide bonds. The van der Waals surface area contributed by atoms with Gasteiger partial charge in [0.2, 0.25) is 6.08 Å². The highest BCUT2D eigenvalue weighted by molar-refractivity contribution is 5.61. The fourth-order valence-electron chi connectivity index (χ4n) is 1.38. The molecule has 0 aliphatic rings. The number of benzene rings is 1. The lowest BCUT2D eigenvalue weighted by Crippen LogP contribution is -1.97. The molecular weight excluding hydrogens is 186 g/mol. The predicted octanol–water partition coefficient (Wildman–Crippen LogP) is 3.16. The Balaban J connectivity index is 2.79. The van der Waals surface area contributed by atoms with E-state index in [-0.39, 0.29) is 5.92 Å². The van der Waals surface area contributed by atoms with Gasteiger partial charge in [-0.05, 0) is 18.1 Å². The van der Waals surface area contributed by atoms with Gasteiger partial charge in [0.25, 0.3) is 0 Å². The first-order valence-electron chi connectivity index (χ1n) is 4.94. The molecule has 0 saturated heterocycles. The number of rotatable bonds is 4. The normalized spacial score (nSPS) is 11.6. The monoisotopic (exact) mass is 201 g/mol. The summed E-state index contributed by atoms with van der Waals surface area (Å²) in [5.41, 5.74) is 3.38. The third kappa shape index (κ3) is 3.19. The maximum Gasteiger partial charge on any atom is 0.234 e. The highest BCUT2D eigenvalue weighted by Gasteiger charge is 2.04. The van der Waals surface area contributed by atoms with Gasteiger partial charge in [0.05, 0.1) is 6.54 Å². The summed E-state index contributed by atoms with van der Waals surface area (Å²) in [7, 11) is 0. The summed E-state index contributed by atoms with van der Waals surface area (Å²) in [5, 5.41) is 0. The molecule has 0 aliphatic carbocycles. The number of isocyanates is 1. The van der Waals surface area contributed by atoms with Crippen LogP contribution < -0.4 is 0 Å². The van der Waals surface area contributed by atoms with Gasteiger partial charge in [-0.2, -0.15) is 0 Å². The standard InChI is InChI=1S/C13H15NO/c1-10(2)12-4-6-13(7-5-12)11(3)8-14-9-15/h4-7,11H,1,8H2,2-3H3. The van der Waals surface area contributed by atoms with Gasteiger partial charge in [-0.25, -0.2) is 9.79 Å². The molecule has 0 radical (unpaired) electrons. The average Bonchev–Trinajstić information content (AvgIpc) is 2.26. The van der Waals surface area contributed by atoms with Gasteiger partial charge in [-0.1, -0.05) is 43.3 Å².